The Morgan fingerprint density at radius 3 is 2.56 bits per heavy atom. The van der Waals surface area contributed by atoms with Crippen molar-refractivity contribution in [1.82, 2.24) is 14.8 Å². The van der Waals surface area contributed by atoms with Crippen LogP contribution >= 0.6 is 11.8 Å². The van der Waals surface area contributed by atoms with E-state index >= 15 is 0 Å². The monoisotopic (exact) mass is 535 g/mol. The fraction of sp³-hybridized carbons (Fsp3) is 0.312. The van der Waals surface area contributed by atoms with Crippen molar-refractivity contribution in [2.45, 2.75) is 46.0 Å². The number of carbonyl (C=O) groups excluding carboxylic acids is 1. The van der Waals surface area contributed by atoms with E-state index in [1.54, 1.807) is 22.8 Å². The Kier molecular flexibility index (Phi) is 7.09. The molecule has 6 rings (SSSR count). The Morgan fingerprint density at radius 2 is 1.79 bits per heavy atom. The molecule has 39 heavy (non-hydrogen) atoms. The molecule has 1 saturated carbocycles. The molecule has 4 aromatic rings. The summed E-state index contributed by atoms with van der Waals surface area (Å²) in [7, 11) is 0. The standard InChI is InChI=1S/C32H33N5OS/c1-4-23-8-5-22(3)17-29(23)36-15-16-39-32(36)34-30(38)19-26-18-28(26)24-9-11-25(12-10-24)31-33-20-37(35-31)27-13-6-21(2)7-14-27/h5-14,17,20,26,28H,4,15-16,18-19H2,1-3H3. The summed E-state index contributed by atoms with van der Waals surface area (Å²) < 4.78 is 1.80. The molecule has 0 radical (unpaired) electrons. The van der Waals surface area contributed by atoms with E-state index in [2.05, 4.69) is 95.3 Å². The maximum atomic E-state index is 13.0. The number of hydrogen-bond acceptors (Lipinski definition) is 4. The van der Waals surface area contributed by atoms with Gasteiger partial charge in [-0.3, -0.25) is 4.79 Å². The van der Waals surface area contributed by atoms with Gasteiger partial charge >= 0.3 is 0 Å². The summed E-state index contributed by atoms with van der Waals surface area (Å²) in [5.41, 5.74) is 8.19. The van der Waals surface area contributed by atoms with Crippen LogP contribution in [0.1, 0.15) is 47.9 Å². The number of aromatic nitrogens is 3. The lowest BCUT2D eigenvalue weighted by Gasteiger charge is -2.21. The highest BCUT2D eigenvalue weighted by Crippen LogP contribution is 2.50. The van der Waals surface area contributed by atoms with Gasteiger partial charge in [0.1, 0.15) is 6.33 Å². The van der Waals surface area contributed by atoms with E-state index < -0.39 is 0 Å². The number of amidine groups is 1. The molecule has 1 aromatic heterocycles. The molecule has 2 aliphatic rings. The van der Waals surface area contributed by atoms with Crippen LogP contribution in [0, 0.1) is 19.8 Å². The molecule has 2 unspecified atom stereocenters. The Labute approximate surface area is 234 Å². The van der Waals surface area contributed by atoms with Gasteiger partial charge in [0, 0.05) is 30.0 Å². The Hall–Kier alpha value is -3.71. The Bertz CT molecular complexity index is 1520. The summed E-state index contributed by atoms with van der Waals surface area (Å²) in [6, 6.07) is 23.3. The minimum absolute atomic E-state index is 0.00920. The van der Waals surface area contributed by atoms with Gasteiger partial charge in [-0.15, -0.1) is 5.10 Å². The van der Waals surface area contributed by atoms with Crippen molar-refractivity contribution < 1.29 is 4.79 Å². The van der Waals surface area contributed by atoms with Crippen molar-refractivity contribution in [3.63, 3.8) is 0 Å². The van der Waals surface area contributed by atoms with Crippen molar-refractivity contribution in [2.24, 2.45) is 10.9 Å². The highest BCUT2D eigenvalue weighted by molar-refractivity contribution is 8.14. The van der Waals surface area contributed by atoms with Crippen LogP contribution in [0.25, 0.3) is 17.1 Å². The van der Waals surface area contributed by atoms with Gasteiger partial charge in [0.2, 0.25) is 5.91 Å². The third kappa shape index (κ3) is 5.55. The van der Waals surface area contributed by atoms with Gasteiger partial charge < -0.3 is 4.90 Å². The molecule has 0 N–H and O–H groups in total. The Morgan fingerprint density at radius 1 is 1.03 bits per heavy atom. The summed E-state index contributed by atoms with van der Waals surface area (Å²) in [5.74, 6) is 2.43. The fourth-order valence-electron chi connectivity index (χ4n) is 5.30. The second kappa shape index (κ2) is 10.8. The fourth-order valence-corrected chi connectivity index (χ4v) is 6.26. The number of benzene rings is 3. The van der Waals surface area contributed by atoms with E-state index in [9.17, 15) is 4.79 Å². The lowest BCUT2D eigenvalue weighted by atomic mass is 10.1. The van der Waals surface area contributed by atoms with Gasteiger partial charge in [-0.05, 0) is 73.4 Å². The van der Waals surface area contributed by atoms with Gasteiger partial charge in [-0.1, -0.05) is 72.8 Å². The lowest BCUT2D eigenvalue weighted by molar-refractivity contribution is -0.118. The molecular weight excluding hydrogens is 502 g/mol. The van der Waals surface area contributed by atoms with E-state index in [1.165, 1.54) is 27.9 Å². The van der Waals surface area contributed by atoms with Crippen LogP contribution in [-0.4, -0.2) is 38.1 Å². The molecule has 0 spiro atoms. The molecule has 2 fully saturated rings. The quantitative estimate of drug-likeness (QED) is 0.262. The first-order chi connectivity index (χ1) is 19.0. The largest absolute Gasteiger partial charge is 0.320 e. The number of thioether (sulfide) groups is 1. The summed E-state index contributed by atoms with van der Waals surface area (Å²) in [6.07, 6.45) is 4.25. The molecule has 1 saturated heterocycles. The number of rotatable bonds is 7. The van der Waals surface area contributed by atoms with Crippen molar-refractivity contribution in [3.8, 4) is 17.1 Å². The smallest absolute Gasteiger partial charge is 0.248 e. The van der Waals surface area contributed by atoms with Crippen LogP contribution in [0.5, 0.6) is 0 Å². The molecule has 198 valence electrons. The second-order valence-corrected chi connectivity index (χ2v) is 11.6. The zero-order valence-electron chi connectivity index (χ0n) is 22.7. The van der Waals surface area contributed by atoms with Gasteiger partial charge in [0.15, 0.2) is 11.0 Å². The van der Waals surface area contributed by atoms with Crippen molar-refractivity contribution in [3.05, 3.63) is 95.3 Å². The van der Waals surface area contributed by atoms with Gasteiger partial charge in [-0.2, -0.15) is 4.99 Å². The van der Waals surface area contributed by atoms with Crippen LogP contribution in [0.4, 0.5) is 5.69 Å². The topological polar surface area (TPSA) is 63.4 Å². The predicted molar refractivity (Wildman–Crippen MR) is 160 cm³/mol. The third-order valence-electron chi connectivity index (χ3n) is 7.66. The number of amides is 1. The van der Waals surface area contributed by atoms with E-state index in [0.717, 1.165) is 41.6 Å². The molecular formula is C32H33N5OS. The molecule has 3 aromatic carbocycles. The van der Waals surface area contributed by atoms with Crippen molar-refractivity contribution >= 4 is 28.5 Å². The number of nitrogens with zero attached hydrogens (tertiary/aromatic N) is 5. The van der Waals surface area contributed by atoms with Gasteiger partial charge in [0.05, 0.1) is 5.69 Å². The number of aryl methyl sites for hydroxylation is 3. The van der Waals surface area contributed by atoms with E-state index in [-0.39, 0.29) is 5.91 Å². The molecule has 1 amide bonds. The maximum absolute atomic E-state index is 13.0. The number of aliphatic imine (C=N–C) groups is 1. The molecule has 1 aliphatic heterocycles. The summed E-state index contributed by atoms with van der Waals surface area (Å²) in [4.78, 5) is 24.3. The Balaban J connectivity index is 1.08. The number of hydrogen-bond donors (Lipinski definition) is 0. The average Bonchev–Trinajstić information content (AvgIpc) is 3.31. The van der Waals surface area contributed by atoms with Crippen LogP contribution in [0.15, 0.2) is 78.0 Å². The number of carbonyl (C=O) groups is 1. The van der Waals surface area contributed by atoms with Gasteiger partial charge in [-0.25, -0.2) is 9.67 Å². The van der Waals surface area contributed by atoms with E-state index in [4.69, 9.17) is 0 Å². The van der Waals surface area contributed by atoms with Gasteiger partial charge in [0.25, 0.3) is 0 Å². The van der Waals surface area contributed by atoms with E-state index in [0.29, 0.717) is 24.1 Å². The first-order valence-corrected chi connectivity index (χ1v) is 14.7. The van der Waals surface area contributed by atoms with Crippen molar-refractivity contribution in [2.75, 3.05) is 17.2 Å². The zero-order valence-corrected chi connectivity index (χ0v) is 23.5. The van der Waals surface area contributed by atoms with Crippen LogP contribution in [-0.2, 0) is 11.2 Å². The van der Waals surface area contributed by atoms with Crippen LogP contribution < -0.4 is 4.90 Å². The first kappa shape index (κ1) is 25.6. The van der Waals surface area contributed by atoms with Crippen LogP contribution in [0.2, 0.25) is 0 Å². The van der Waals surface area contributed by atoms with E-state index in [1.807, 2.05) is 12.1 Å². The molecule has 6 nitrogen and oxygen atoms in total. The third-order valence-corrected chi connectivity index (χ3v) is 8.61. The molecule has 2 heterocycles. The second-order valence-electron chi connectivity index (χ2n) is 10.6. The van der Waals surface area contributed by atoms with Crippen molar-refractivity contribution in [1.29, 1.82) is 0 Å². The molecule has 7 heteroatoms. The first-order valence-electron chi connectivity index (χ1n) is 13.7. The molecule has 0 bridgehead atoms. The SMILES string of the molecule is CCc1ccc(C)cc1N1CCSC1=NC(=O)CC1CC1c1ccc(-c2ncn(-c3ccc(C)cc3)n2)cc1. The minimum Gasteiger partial charge on any atom is -0.320 e. The number of anilines is 1. The summed E-state index contributed by atoms with van der Waals surface area (Å²) in [5, 5.41) is 5.50. The highest BCUT2D eigenvalue weighted by Gasteiger charge is 2.39. The summed E-state index contributed by atoms with van der Waals surface area (Å²) in [6.45, 7) is 7.25. The molecule has 2 atom stereocenters. The minimum atomic E-state index is -0.00920. The average molecular weight is 536 g/mol. The summed E-state index contributed by atoms with van der Waals surface area (Å²) >= 11 is 1.69. The highest BCUT2D eigenvalue weighted by atomic mass is 32.2. The van der Waals surface area contributed by atoms with Crippen LogP contribution in [0.3, 0.4) is 0 Å². The zero-order chi connectivity index (χ0) is 26.9. The molecule has 1 aliphatic carbocycles. The normalized spacial score (nSPS) is 19.6. The lowest BCUT2D eigenvalue weighted by Crippen LogP contribution is -2.26. The maximum Gasteiger partial charge on any atom is 0.248 e. The predicted octanol–water partition coefficient (Wildman–Crippen LogP) is 6.74.